The van der Waals surface area contributed by atoms with E-state index in [9.17, 15) is 57.5 Å². The van der Waals surface area contributed by atoms with Gasteiger partial charge in [-0.05, 0) is 31.1 Å². The number of rotatable bonds is 22. The first-order valence-corrected chi connectivity index (χ1v) is 17.7. The fraction of sp³-hybridized carbons (Fsp3) is 0.486. The van der Waals surface area contributed by atoms with Gasteiger partial charge < -0.3 is 20.8 Å². The van der Waals surface area contributed by atoms with Gasteiger partial charge in [0, 0.05) is 114 Å². The number of nitrogens with zero attached hydrogens (tertiary/aromatic N) is 4. The fourth-order valence-electron chi connectivity index (χ4n) is 6.18. The van der Waals surface area contributed by atoms with Crippen LogP contribution < -0.4 is 16.0 Å². The maximum Gasteiger partial charge on any atom is 0.333 e. The molecule has 4 aliphatic heterocycles. The quantitative estimate of drug-likeness (QED) is 0.0992. The average Bonchev–Trinajstić information content (AvgIpc) is 3.86. The summed E-state index contributed by atoms with van der Waals surface area (Å²) in [7, 11) is 0. The SMILES string of the molecule is O=C(CCN1C(=O)C=CC1=O)NCCC(CCNC(=O)CCN1C(=O)C=CC1=O)(CCNC(=O)CCN1C(=O)C=CC1=O)CCC(=O)ON1C(=O)CCC1=O. The Morgan fingerprint density at radius 1 is 0.491 bits per heavy atom. The van der Waals surface area contributed by atoms with Gasteiger partial charge in [-0.2, -0.15) is 0 Å². The number of imide groups is 4. The molecule has 0 spiro atoms. The van der Waals surface area contributed by atoms with Crippen LogP contribution in [-0.4, -0.2) is 130 Å². The zero-order valence-corrected chi connectivity index (χ0v) is 29.9. The van der Waals surface area contributed by atoms with Crippen LogP contribution >= 0.6 is 0 Å². The van der Waals surface area contributed by atoms with Crippen LogP contribution in [0.2, 0.25) is 0 Å². The molecule has 0 aromatic rings. The molecule has 0 radical (unpaired) electrons. The monoisotopic (exact) mass is 767 g/mol. The smallest absolute Gasteiger partial charge is 0.333 e. The zero-order valence-electron chi connectivity index (χ0n) is 29.9. The van der Waals surface area contributed by atoms with E-state index in [2.05, 4.69) is 16.0 Å². The first-order chi connectivity index (χ1) is 26.2. The van der Waals surface area contributed by atoms with Crippen molar-refractivity contribution in [2.75, 3.05) is 39.3 Å². The van der Waals surface area contributed by atoms with Gasteiger partial charge >= 0.3 is 5.97 Å². The molecule has 4 rings (SSSR count). The van der Waals surface area contributed by atoms with Crippen molar-refractivity contribution >= 4 is 70.9 Å². The van der Waals surface area contributed by atoms with Gasteiger partial charge in [0.1, 0.15) is 0 Å². The minimum absolute atomic E-state index is 0.0113. The summed E-state index contributed by atoms with van der Waals surface area (Å²) in [6.45, 7) is -0.440. The van der Waals surface area contributed by atoms with Crippen molar-refractivity contribution in [3.8, 4) is 0 Å². The van der Waals surface area contributed by atoms with Crippen molar-refractivity contribution in [1.82, 2.24) is 35.7 Å². The molecule has 0 aromatic heterocycles. The van der Waals surface area contributed by atoms with E-state index < -0.39 is 76.4 Å². The lowest BCUT2D eigenvalue weighted by Gasteiger charge is -2.35. The Labute approximate surface area is 314 Å². The van der Waals surface area contributed by atoms with Gasteiger partial charge in [-0.15, -0.1) is 5.06 Å². The van der Waals surface area contributed by atoms with E-state index in [-0.39, 0.29) is 103 Å². The normalized spacial score (nSPS) is 16.7. The van der Waals surface area contributed by atoms with Gasteiger partial charge in [-0.1, -0.05) is 0 Å². The van der Waals surface area contributed by atoms with Crippen LogP contribution in [0, 0.1) is 5.41 Å². The maximum absolute atomic E-state index is 12.9. The molecule has 4 heterocycles. The highest BCUT2D eigenvalue weighted by atomic mass is 16.7. The number of hydrogen-bond acceptors (Lipinski definition) is 13. The molecule has 0 bridgehead atoms. The molecule has 0 saturated carbocycles. The lowest BCUT2D eigenvalue weighted by atomic mass is 9.74. The molecule has 20 heteroatoms. The van der Waals surface area contributed by atoms with Crippen LogP contribution in [0.15, 0.2) is 36.5 Å². The summed E-state index contributed by atoms with van der Waals surface area (Å²) in [5.41, 5.74) is -0.938. The van der Waals surface area contributed by atoms with Gasteiger partial charge in [0.05, 0.1) is 0 Å². The summed E-state index contributed by atoms with van der Waals surface area (Å²) >= 11 is 0. The van der Waals surface area contributed by atoms with Gasteiger partial charge in [0.15, 0.2) is 0 Å². The predicted molar refractivity (Wildman–Crippen MR) is 183 cm³/mol. The third-order valence-electron chi connectivity index (χ3n) is 9.38. The van der Waals surface area contributed by atoms with E-state index in [1.807, 2.05) is 0 Å². The van der Waals surface area contributed by atoms with Crippen molar-refractivity contribution in [3.63, 3.8) is 0 Å². The zero-order chi connectivity index (χ0) is 40.1. The van der Waals surface area contributed by atoms with E-state index >= 15 is 0 Å². The standard InChI is InChI=1S/C35H41N7O13/c43-23(10-20-39-26(46)1-2-27(39)47)36-17-14-35(13-9-34(54)55-42-32(52)7-8-33(42)53,15-18-37-24(44)11-21-40-28(48)3-4-29(40)49)16-19-38-25(45)12-22-41-30(50)5-6-31(41)51/h1-6H,7-22H2,(H,36,43)(H,37,44)(H,38,45). The molecule has 0 aliphatic carbocycles. The molecule has 11 amide bonds. The second-order valence-corrected chi connectivity index (χ2v) is 13.1. The van der Waals surface area contributed by atoms with E-state index in [0.717, 1.165) is 51.2 Å². The molecule has 20 nitrogen and oxygen atoms in total. The highest BCUT2D eigenvalue weighted by molar-refractivity contribution is 6.14. The van der Waals surface area contributed by atoms with Crippen LogP contribution in [0.3, 0.4) is 0 Å². The molecule has 55 heavy (non-hydrogen) atoms. The topological polar surface area (TPSA) is 263 Å². The Morgan fingerprint density at radius 2 is 0.800 bits per heavy atom. The summed E-state index contributed by atoms with van der Waals surface area (Å²) in [6.07, 6.45) is 5.94. The maximum atomic E-state index is 12.9. The molecule has 0 aromatic carbocycles. The Morgan fingerprint density at radius 3 is 1.11 bits per heavy atom. The van der Waals surface area contributed by atoms with Crippen LogP contribution in [0.1, 0.15) is 64.2 Å². The summed E-state index contributed by atoms with van der Waals surface area (Å²) in [6, 6.07) is 0. The largest absolute Gasteiger partial charge is 0.356 e. The number of nitrogens with one attached hydrogen (secondary N) is 3. The second kappa shape index (κ2) is 19.1. The van der Waals surface area contributed by atoms with Crippen molar-refractivity contribution in [2.24, 2.45) is 5.41 Å². The van der Waals surface area contributed by atoms with Crippen LogP contribution in [0.25, 0.3) is 0 Å². The number of carbonyl (C=O) groups is 12. The predicted octanol–water partition coefficient (Wildman–Crippen LogP) is -2.18. The Bertz CT molecular complexity index is 1530. The highest BCUT2D eigenvalue weighted by Crippen LogP contribution is 2.36. The summed E-state index contributed by atoms with van der Waals surface area (Å²) < 4.78 is 0. The van der Waals surface area contributed by atoms with Gasteiger partial charge in [0.2, 0.25) is 17.7 Å². The van der Waals surface area contributed by atoms with Crippen molar-refractivity contribution in [1.29, 1.82) is 0 Å². The van der Waals surface area contributed by atoms with Gasteiger partial charge in [0.25, 0.3) is 47.3 Å². The second-order valence-electron chi connectivity index (χ2n) is 13.1. The molecule has 0 unspecified atom stereocenters. The van der Waals surface area contributed by atoms with Gasteiger partial charge in [-0.3, -0.25) is 67.4 Å². The molecule has 4 aliphatic rings. The minimum atomic E-state index is -0.938. The minimum Gasteiger partial charge on any atom is -0.356 e. The molecule has 294 valence electrons. The third kappa shape index (κ3) is 11.8. The molecular formula is C35H41N7O13. The molecular weight excluding hydrogens is 726 g/mol. The molecule has 1 saturated heterocycles. The van der Waals surface area contributed by atoms with Gasteiger partial charge in [-0.25, -0.2) is 4.79 Å². The Hall–Kier alpha value is -6.34. The third-order valence-corrected chi connectivity index (χ3v) is 9.38. The van der Waals surface area contributed by atoms with Crippen LogP contribution in [0.4, 0.5) is 0 Å². The lowest BCUT2D eigenvalue weighted by molar-refractivity contribution is -0.197. The summed E-state index contributed by atoms with van der Waals surface area (Å²) in [5.74, 6) is -7.00. The molecule has 0 atom stereocenters. The van der Waals surface area contributed by atoms with Crippen LogP contribution in [0.5, 0.6) is 0 Å². The summed E-state index contributed by atoms with van der Waals surface area (Å²) in [5, 5.41) is 8.57. The van der Waals surface area contributed by atoms with Crippen LogP contribution in [-0.2, 0) is 62.4 Å². The lowest BCUT2D eigenvalue weighted by Crippen LogP contribution is -2.40. The number of amides is 11. The first kappa shape index (κ1) is 41.4. The number of hydroxylamine groups is 2. The first-order valence-electron chi connectivity index (χ1n) is 17.7. The van der Waals surface area contributed by atoms with Crippen molar-refractivity contribution in [2.45, 2.75) is 64.2 Å². The summed E-state index contributed by atoms with van der Waals surface area (Å²) in [4.78, 5) is 154. The number of carbonyl (C=O) groups excluding carboxylic acids is 12. The molecule has 3 N–H and O–H groups in total. The Kier molecular flexibility index (Phi) is 14.4. The average molecular weight is 768 g/mol. The van der Waals surface area contributed by atoms with E-state index in [0.29, 0.717) is 5.06 Å². The van der Waals surface area contributed by atoms with Crippen molar-refractivity contribution < 1.29 is 62.4 Å². The van der Waals surface area contributed by atoms with E-state index in [4.69, 9.17) is 4.84 Å². The molecule has 1 fully saturated rings. The fourth-order valence-corrected chi connectivity index (χ4v) is 6.18. The van der Waals surface area contributed by atoms with E-state index in [1.165, 1.54) is 0 Å². The van der Waals surface area contributed by atoms with E-state index in [1.54, 1.807) is 0 Å². The highest BCUT2D eigenvalue weighted by Gasteiger charge is 2.35. The van der Waals surface area contributed by atoms with Crippen molar-refractivity contribution in [3.05, 3.63) is 36.5 Å². The Balaban J connectivity index is 1.41. The number of hydrogen-bond donors (Lipinski definition) is 3.